The van der Waals surface area contributed by atoms with E-state index in [1.807, 2.05) is 0 Å². The van der Waals surface area contributed by atoms with Gasteiger partial charge in [-0.05, 0) is 43.2 Å². The van der Waals surface area contributed by atoms with Gasteiger partial charge in [0.25, 0.3) is 5.91 Å². The number of nitrogens with zero attached hydrogens (tertiary/aromatic N) is 1. The van der Waals surface area contributed by atoms with Crippen molar-refractivity contribution < 1.29 is 35.9 Å². The Balaban J connectivity index is 1.78. The van der Waals surface area contributed by atoms with Crippen molar-refractivity contribution in [3.05, 3.63) is 42.2 Å². The number of aromatic nitrogens is 1. The first kappa shape index (κ1) is 21.8. The van der Waals surface area contributed by atoms with E-state index in [1.165, 1.54) is 0 Å². The van der Waals surface area contributed by atoms with Gasteiger partial charge in [0.1, 0.15) is 5.75 Å². The van der Waals surface area contributed by atoms with Gasteiger partial charge in [-0.3, -0.25) is 4.79 Å². The second-order valence-electron chi connectivity index (χ2n) is 6.49. The summed E-state index contributed by atoms with van der Waals surface area (Å²) < 4.78 is 71.1. The summed E-state index contributed by atoms with van der Waals surface area (Å²) in [5.74, 6) is -1.09. The molecule has 0 radical (unpaired) electrons. The molecule has 0 bridgehead atoms. The van der Waals surface area contributed by atoms with Gasteiger partial charge in [0, 0.05) is 25.5 Å². The van der Waals surface area contributed by atoms with E-state index in [4.69, 9.17) is 10.5 Å². The van der Waals surface area contributed by atoms with E-state index in [0.29, 0.717) is 26.1 Å². The van der Waals surface area contributed by atoms with Gasteiger partial charge in [-0.2, -0.15) is 0 Å². The van der Waals surface area contributed by atoms with Crippen LogP contribution < -0.4 is 15.8 Å². The average Bonchev–Trinajstić information content (AvgIpc) is 2.67. The van der Waals surface area contributed by atoms with Crippen molar-refractivity contribution in [3.8, 4) is 5.75 Å². The fourth-order valence-corrected chi connectivity index (χ4v) is 4.09. The minimum Gasteiger partial charge on any atom is -0.406 e. The first-order valence-corrected chi connectivity index (χ1v) is 10.3. The second kappa shape index (κ2) is 8.48. The van der Waals surface area contributed by atoms with Crippen LogP contribution in [0.1, 0.15) is 23.3 Å². The first-order chi connectivity index (χ1) is 14.1. The molecule has 1 fully saturated rings. The first-order valence-electron chi connectivity index (χ1n) is 8.81. The van der Waals surface area contributed by atoms with E-state index in [1.54, 1.807) is 0 Å². The maximum absolute atomic E-state index is 12.7. The lowest BCUT2D eigenvalue weighted by Gasteiger charge is -2.23. The molecule has 0 aliphatic carbocycles. The number of pyridine rings is 1. The fraction of sp³-hybridized carbons (Fsp3) is 0.333. The van der Waals surface area contributed by atoms with Crippen molar-refractivity contribution in [3.63, 3.8) is 0 Å². The van der Waals surface area contributed by atoms with Crippen LogP contribution in [0.5, 0.6) is 5.75 Å². The predicted molar refractivity (Wildman–Crippen MR) is 98.5 cm³/mol. The minimum absolute atomic E-state index is 0.0895. The number of nitrogen functional groups attached to an aromatic ring is 1. The van der Waals surface area contributed by atoms with Crippen molar-refractivity contribution >= 4 is 21.4 Å². The molecule has 0 unspecified atom stereocenters. The van der Waals surface area contributed by atoms with E-state index in [2.05, 4.69) is 15.0 Å². The number of nitrogens with one attached hydrogen (secondary N) is 1. The molecule has 1 saturated heterocycles. The Morgan fingerprint density at radius 1 is 1.17 bits per heavy atom. The number of amides is 1. The average molecular weight is 445 g/mol. The molecular formula is C18H18F3N3O5S. The van der Waals surface area contributed by atoms with Gasteiger partial charge in [0.15, 0.2) is 5.69 Å². The minimum atomic E-state index is -4.89. The van der Waals surface area contributed by atoms with E-state index in [0.717, 1.165) is 36.5 Å². The summed E-state index contributed by atoms with van der Waals surface area (Å²) in [6.07, 6.45) is -2.62. The zero-order chi connectivity index (χ0) is 21.9. The Bertz CT molecular complexity index is 1020. The van der Waals surface area contributed by atoms with Crippen molar-refractivity contribution in [1.29, 1.82) is 0 Å². The van der Waals surface area contributed by atoms with Gasteiger partial charge in [0.05, 0.1) is 15.5 Å². The highest BCUT2D eigenvalue weighted by Gasteiger charge is 2.31. The summed E-state index contributed by atoms with van der Waals surface area (Å²) in [5.41, 5.74) is 5.58. The number of sulfone groups is 1. The summed E-state index contributed by atoms with van der Waals surface area (Å²) in [4.78, 5) is 15.7. The van der Waals surface area contributed by atoms with Crippen LogP contribution >= 0.6 is 0 Å². The topological polar surface area (TPSA) is 121 Å². The molecule has 0 spiro atoms. The van der Waals surface area contributed by atoms with Crippen LogP contribution in [-0.2, 0) is 14.6 Å². The smallest absolute Gasteiger partial charge is 0.406 e. The summed E-state index contributed by atoms with van der Waals surface area (Å²) in [7, 11) is -4.12. The third-order valence-electron chi connectivity index (χ3n) is 4.34. The number of carbonyl (C=O) groups excluding carboxylic acids is 1. The number of ether oxygens (including phenoxy) is 2. The lowest BCUT2D eigenvalue weighted by atomic mass is 10.1. The highest BCUT2D eigenvalue weighted by Crippen LogP contribution is 2.27. The Labute approximate surface area is 170 Å². The maximum atomic E-state index is 12.7. The highest BCUT2D eigenvalue weighted by molar-refractivity contribution is 7.91. The van der Waals surface area contributed by atoms with E-state index >= 15 is 0 Å². The number of hydrogen-bond acceptors (Lipinski definition) is 7. The van der Waals surface area contributed by atoms with Gasteiger partial charge in [-0.25, -0.2) is 13.4 Å². The predicted octanol–water partition coefficient (Wildman–Crippen LogP) is 2.30. The normalized spacial score (nSPS) is 15.6. The van der Waals surface area contributed by atoms with E-state index in [9.17, 15) is 26.4 Å². The third-order valence-corrected chi connectivity index (χ3v) is 6.08. The number of rotatable bonds is 5. The highest BCUT2D eigenvalue weighted by atomic mass is 32.2. The molecule has 2 heterocycles. The molecule has 0 atom stereocenters. The van der Waals surface area contributed by atoms with Crippen LogP contribution in [0.2, 0.25) is 0 Å². The van der Waals surface area contributed by atoms with E-state index in [-0.39, 0.29) is 27.2 Å². The number of halogens is 3. The molecule has 1 aliphatic rings. The van der Waals surface area contributed by atoms with E-state index < -0.39 is 27.9 Å². The number of carbonyl (C=O) groups is 1. The van der Waals surface area contributed by atoms with Crippen molar-refractivity contribution in [2.75, 3.05) is 18.9 Å². The zero-order valence-electron chi connectivity index (χ0n) is 15.5. The summed E-state index contributed by atoms with van der Waals surface area (Å²) in [6.45, 7) is 1.05. The number of alkyl halides is 3. The third kappa shape index (κ3) is 5.19. The maximum Gasteiger partial charge on any atom is 0.573 e. The van der Waals surface area contributed by atoms with Crippen LogP contribution in [0.25, 0.3) is 0 Å². The molecule has 1 aromatic carbocycles. The molecule has 1 amide bonds. The van der Waals surface area contributed by atoms with Crippen LogP contribution in [0.4, 0.5) is 18.9 Å². The van der Waals surface area contributed by atoms with Crippen LogP contribution in [0.3, 0.4) is 0 Å². The van der Waals surface area contributed by atoms with Crippen LogP contribution in [-0.4, -0.2) is 44.9 Å². The van der Waals surface area contributed by atoms with Crippen molar-refractivity contribution in [1.82, 2.24) is 10.3 Å². The molecule has 3 N–H and O–H groups in total. The summed E-state index contributed by atoms with van der Waals surface area (Å²) >= 11 is 0. The van der Waals surface area contributed by atoms with Crippen molar-refractivity contribution in [2.45, 2.75) is 35.0 Å². The molecule has 8 nitrogen and oxygen atoms in total. The quantitative estimate of drug-likeness (QED) is 0.725. The van der Waals surface area contributed by atoms with Crippen molar-refractivity contribution in [2.24, 2.45) is 0 Å². The van der Waals surface area contributed by atoms with Gasteiger partial charge in [-0.1, -0.05) is 0 Å². The number of anilines is 1. The molecular weight excluding hydrogens is 427 g/mol. The lowest BCUT2D eigenvalue weighted by molar-refractivity contribution is -0.274. The Hall–Kier alpha value is -2.86. The molecule has 0 saturated carbocycles. The van der Waals surface area contributed by atoms with Gasteiger partial charge >= 0.3 is 6.36 Å². The Morgan fingerprint density at radius 3 is 2.37 bits per heavy atom. The molecule has 2 aromatic rings. The van der Waals surface area contributed by atoms with Gasteiger partial charge < -0.3 is 20.5 Å². The summed E-state index contributed by atoms with van der Waals surface area (Å²) in [6, 6.07) is 4.70. The second-order valence-corrected chi connectivity index (χ2v) is 8.44. The molecule has 1 aromatic heterocycles. The Morgan fingerprint density at radius 2 is 1.80 bits per heavy atom. The van der Waals surface area contributed by atoms with Crippen LogP contribution in [0.15, 0.2) is 46.3 Å². The Kier molecular flexibility index (Phi) is 6.17. The fourth-order valence-electron chi connectivity index (χ4n) is 2.85. The van der Waals surface area contributed by atoms with Crippen LogP contribution in [0, 0.1) is 0 Å². The monoisotopic (exact) mass is 445 g/mol. The standard InChI is InChI=1S/C18H18F3N3O5S/c19-18(20,21)29-12-1-3-13(4-2-12)30(26,27)14-9-15(22)16(23-10-14)17(25)24-11-5-7-28-8-6-11/h1-4,9-11H,5-8,22H2,(H,24,25). The molecule has 162 valence electrons. The van der Waals surface area contributed by atoms with Gasteiger partial charge in [0.2, 0.25) is 9.84 Å². The lowest BCUT2D eigenvalue weighted by Crippen LogP contribution is -2.39. The number of hydrogen-bond donors (Lipinski definition) is 2. The number of benzene rings is 1. The number of nitrogens with two attached hydrogens (primary N) is 1. The summed E-state index contributed by atoms with van der Waals surface area (Å²) in [5, 5.41) is 2.77. The molecule has 12 heteroatoms. The molecule has 30 heavy (non-hydrogen) atoms. The largest absolute Gasteiger partial charge is 0.573 e. The van der Waals surface area contributed by atoms with Gasteiger partial charge in [-0.15, -0.1) is 13.2 Å². The molecule has 1 aliphatic heterocycles. The zero-order valence-corrected chi connectivity index (χ0v) is 16.3. The SMILES string of the molecule is Nc1cc(S(=O)(=O)c2ccc(OC(F)(F)F)cc2)cnc1C(=O)NC1CCOCC1. The molecule has 3 rings (SSSR count).